The highest BCUT2D eigenvalue weighted by Gasteiger charge is 2.10. The van der Waals surface area contributed by atoms with E-state index in [1.165, 1.54) is 5.56 Å². The third kappa shape index (κ3) is 3.31. The maximum Gasteiger partial charge on any atom is 0.0748 e. The molecule has 0 amide bonds. The number of nitrogens with zero attached hydrogens (tertiary/aromatic N) is 1. The molecule has 0 aliphatic rings. The number of hydrogen-bond acceptors (Lipinski definition) is 3. The molecule has 0 radical (unpaired) electrons. The van der Waals surface area contributed by atoms with Gasteiger partial charge in [0.25, 0.3) is 0 Å². The molecule has 1 atom stereocenters. The molecule has 0 fully saturated rings. The van der Waals surface area contributed by atoms with Gasteiger partial charge in [0.15, 0.2) is 0 Å². The highest BCUT2D eigenvalue weighted by atomic mass is 16.5. The quantitative estimate of drug-likeness (QED) is 0.874. The van der Waals surface area contributed by atoms with E-state index in [-0.39, 0.29) is 6.04 Å². The number of anilines is 1. The van der Waals surface area contributed by atoms with Crippen LogP contribution in [0.4, 0.5) is 5.69 Å². The Bertz CT molecular complexity index is 485. The minimum atomic E-state index is 0.139. The fraction of sp³-hybridized carbons (Fsp3) is 0.267. The number of hydrogen-bond donors (Lipinski definition) is 1. The first kappa shape index (κ1) is 12.6. The van der Waals surface area contributed by atoms with Crippen LogP contribution in [0.5, 0.6) is 0 Å². The third-order valence-corrected chi connectivity index (χ3v) is 2.75. The number of methoxy groups -OCH3 is 1. The van der Waals surface area contributed by atoms with Gasteiger partial charge in [0.1, 0.15) is 0 Å². The van der Waals surface area contributed by atoms with Crippen LogP contribution in [-0.2, 0) is 4.74 Å². The standard InChI is InChI=1S/C15H18N2O/c1-12-8-14(10-16-9-12)17-15(11-18-2)13-6-4-3-5-7-13/h3-10,15,17H,11H2,1-2H3. The molecule has 1 aromatic heterocycles. The van der Waals surface area contributed by atoms with Crippen molar-refractivity contribution in [2.24, 2.45) is 0 Å². The Morgan fingerprint density at radius 3 is 2.67 bits per heavy atom. The Morgan fingerprint density at radius 2 is 2.00 bits per heavy atom. The maximum atomic E-state index is 5.28. The molecule has 0 bridgehead atoms. The number of rotatable bonds is 5. The Morgan fingerprint density at radius 1 is 1.22 bits per heavy atom. The van der Waals surface area contributed by atoms with E-state index in [9.17, 15) is 0 Å². The van der Waals surface area contributed by atoms with E-state index in [1.54, 1.807) is 7.11 Å². The third-order valence-electron chi connectivity index (χ3n) is 2.75. The molecule has 0 saturated heterocycles. The van der Waals surface area contributed by atoms with E-state index in [0.717, 1.165) is 11.3 Å². The van der Waals surface area contributed by atoms with Gasteiger partial charge in [0.2, 0.25) is 0 Å². The van der Waals surface area contributed by atoms with Crippen LogP contribution in [0.15, 0.2) is 48.8 Å². The van der Waals surface area contributed by atoms with Gasteiger partial charge in [0.05, 0.1) is 18.3 Å². The number of benzene rings is 1. The highest BCUT2D eigenvalue weighted by Crippen LogP contribution is 2.19. The van der Waals surface area contributed by atoms with Crippen molar-refractivity contribution < 1.29 is 4.74 Å². The molecule has 94 valence electrons. The second-order valence-corrected chi connectivity index (χ2v) is 4.31. The van der Waals surface area contributed by atoms with Crippen molar-refractivity contribution in [3.63, 3.8) is 0 Å². The van der Waals surface area contributed by atoms with Crippen LogP contribution in [-0.4, -0.2) is 18.7 Å². The lowest BCUT2D eigenvalue weighted by Crippen LogP contribution is -2.16. The van der Waals surface area contributed by atoms with Crippen molar-refractivity contribution in [3.8, 4) is 0 Å². The van der Waals surface area contributed by atoms with Crippen molar-refractivity contribution >= 4 is 5.69 Å². The fourth-order valence-electron chi connectivity index (χ4n) is 1.91. The first-order chi connectivity index (χ1) is 8.79. The van der Waals surface area contributed by atoms with Crippen molar-refractivity contribution in [3.05, 3.63) is 59.9 Å². The van der Waals surface area contributed by atoms with E-state index in [2.05, 4.69) is 28.5 Å². The number of pyridine rings is 1. The summed E-state index contributed by atoms with van der Waals surface area (Å²) in [4.78, 5) is 4.19. The van der Waals surface area contributed by atoms with Crippen molar-refractivity contribution in [2.75, 3.05) is 19.0 Å². The Balaban J connectivity index is 2.16. The largest absolute Gasteiger partial charge is 0.382 e. The average molecular weight is 242 g/mol. The second kappa shape index (κ2) is 6.17. The summed E-state index contributed by atoms with van der Waals surface area (Å²) in [6.07, 6.45) is 3.68. The van der Waals surface area contributed by atoms with Gasteiger partial charge < -0.3 is 10.1 Å². The van der Waals surface area contributed by atoms with Gasteiger partial charge in [0, 0.05) is 19.5 Å². The van der Waals surface area contributed by atoms with Crippen molar-refractivity contribution in [2.45, 2.75) is 13.0 Å². The Kier molecular flexibility index (Phi) is 4.31. The number of ether oxygens (including phenoxy) is 1. The van der Waals surface area contributed by atoms with Gasteiger partial charge in [-0.05, 0) is 24.1 Å². The first-order valence-corrected chi connectivity index (χ1v) is 6.01. The predicted octanol–water partition coefficient (Wildman–Crippen LogP) is 3.19. The minimum absolute atomic E-state index is 0.139. The van der Waals surface area contributed by atoms with Crippen LogP contribution >= 0.6 is 0 Å². The Labute approximate surface area is 108 Å². The summed E-state index contributed by atoms with van der Waals surface area (Å²) in [7, 11) is 1.71. The molecule has 0 aliphatic heterocycles. The SMILES string of the molecule is COCC(Nc1cncc(C)c1)c1ccccc1. The molecule has 3 nitrogen and oxygen atoms in total. The van der Waals surface area contributed by atoms with Gasteiger partial charge in [-0.1, -0.05) is 30.3 Å². The van der Waals surface area contributed by atoms with Gasteiger partial charge >= 0.3 is 0 Å². The lowest BCUT2D eigenvalue weighted by atomic mass is 10.1. The van der Waals surface area contributed by atoms with Crippen LogP contribution in [0.3, 0.4) is 0 Å². The van der Waals surface area contributed by atoms with Crippen molar-refractivity contribution in [1.29, 1.82) is 0 Å². The zero-order valence-electron chi connectivity index (χ0n) is 10.8. The summed E-state index contributed by atoms with van der Waals surface area (Å²) in [5.74, 6) is 0. The lowest BCUT2D eigenvalue weighted by Gasteiger charge is -2.19. The summed E-state index contributed by atoms with van der Waals surface area (Å²) >= 11 is 0. The maximum absolute atomic E-state index is 5.28. The van der Waals surface area contributed by atoms with E-state index >= 15 is 0 Å². The highest BCUT2D eigenvalue weighted by molar-refractivity contribution is 5.45. The number of nitrogens with one attached hydrogen (secondary N) is 1. The zero-order chi connectivity index (χ0) is 12.8. The summed E-state index contributed by atoms with van der Waals surface area (Å²) < 4.78 is 5.28. The number of aryl methyl sites for hydroxylation is 1. The van der Waals surface area contributed by atoms with Crippen LogP contribution in [0.25, 0.3) is 0 Å². The molecule has 0 spiro atoms. The summed E-state index contributed by atoms with van der Waals surface area (Å²) in [6, 6.07) is 12.5. The molecular formula is C15H18N2O. The normalized spacial score (nSPS) is 12.1. The fourth-order valence-corrected chi connectivity index (χ4v) is 1.91. The molecule has 1 unspecified atom stereocenters. The first-order valence-electron chi connectivity index (χ1n) is 6.01. The van der Waals surface area contributed by atoms with Gasteiger partial charge in [-0.25, -0.2) is 0 Å². The van der Waals surface area contributed by atoms with Crippen molar-refractivity contribution in [1.82, 2.24) is 4.98 Å². The molecule has 1 aromatic carbocycles. The predicted molar refractivity (Wildman–Crippen MR) is 73.7 cm³/mol. The van der Waals surface area contributed by atoms with Crippen LogP contribution in [0.1, 0.15) is 17.2 Å². The van der Waals surface area contributed by atoms with Gasteiger partial charge in [-0.3, -0.25) is 4.98 Å². The minimum Gasteiger partial charge on any atom is -0.382 e. The van der Waals surface area contributed by atoms with E-state index in [4.69, 9.17) is 4.74 Å². The lowest BCUT2D eigenvalue weighted by molar-refractivity contribution is 0.186. The summed E-state index contributed by atoms with van der Waals surface area (Å²) in [5, 5.41) is 3.45. The Hall–Kier alpha value is -1.87. The molecule has 18 heavy (non-hydrogen) atoms. The molecular weight excluding hydrogens is 224 g/mol. The molecule has 2 aromatic rings. The van der Waals surface area contributed by atoms with E-state index in [0.29, 0.717) is 6.61 Å². The monoisotopic (exact) mass is 242 g/mol. The second-order valence-electron chi connectivity index (χ2n) is 4.31. The van der Waals surface area contributed by atoms with Crippen LogP contribution in [0, 0.1) is 6.92 Å². The summed E-state index contributed by atoms with van der Waals surface area (Å²) in [5.41, 5.74) is 3.37. The van der Waals surface area contributed by atoms with E-state index in [1.807, 2.05) is 37.5 Å². The molecule has 1 heterocycles. The topological polar surface area (TPSA) is 34.1 Å². The smallest absolute Gasteiger partial charge is 0.0748 e. The van der Waals surface area contributed by atoms with Crippen LogP contribution < -0.4 is 5.32 Å². The van der Waals surface area contributed by atoms with E-state index < -0.39 is 0 Å². The molecule has 1 N–H and O–H groups in total. The van der Waals surface area contributed by atoms with Gasteiger partial charge in [-0.2, -0.15) is 0 Å². The molecule has 0 aliphatic carbocycles. The van der Waals surface area contributed by atoms with Gasteiger partial charge in [-0.15, -0.1) is 0 Å². The zero-order valence-corrected chi connectivity index (χ0v) is 10.8. The number of aromatic nitrogens is 1. The molecule has 3 heteroatoms. The average Bonchev–Trinajstić information content (AvgIpc) is 2.39. The molecule has 0 saturated carbocycles. The summed E-state index contributed by atoms with van der Waals surface area (Å²) in [6.45, 7) is 2.66. The van der Waals surface area contributed by atoms with Crippen LogP contribution in [0.2, 0.25) is 0 Å². The molecule has 2 rings (SSSR count).